The van der Waals surface area contributed by atoms with Crippen LogP contribution >= 0.6 is 0 Å². The standard InChI is InChI=1S/C12H17N/c1-10-5-4-6-12(7-10)8-11(2)9-13-3/h4-7,13H,2,8-9H2,1,3H3. The van der Waals surface area contributed by atoms with E-state index < -0.39 is 0 Å². The Morgan fingerprint density at radius 3 is 2.85 bits per heavy atom. The number of rotatable bonds is 4. The zero-order chi connectivity index (χ0) is 9.68. The average Bonchev–Trinajstić information content (AvgIpc) is 2.04. The molecule has 0 saturated carbocycles. The maximum atomic E-state index is 4.01. The lowest BCUT2D eigenvalue weighted by atomic mass is 10.0. The molecule has 1 rings (SSSR count). The van der Waals surface area contributed by atoms with Crippen LogP contribution in [-0.4, -0.2) is 13.6 Å². The van der Waals surface area contributed by atoms with Crippen molar-refractivity contribution in [2.45, 2.75) is 13.3 Å². The van der Waals surface area contributed by atoms with Gasteiger partial charge in [-0.05, 0) is 26.0 Å². The van der Waals surface area contributed by atoms with E-state index in [9.17, 15) is 0 Å². The summed E-state index contributed by atoms with van der Waals surface area (Å²) in [5.41, 5.74) is 3.89. The second-order valence-electron chi connectivity index (χ2n) is 3.45. The molecule has 1 aromatic carbocycles. The minimum atomic E-state index is 0.897. The predicted molar refractivity (Wildman–Crippen MR) is 57.9 cm³/mol. The van der Waals surface area contributed by atoms with Gasteiger partial charge in [0.15, 0.2) is 0 Å². The third-order valence-corrected chi connectivity index (χ3v) is 1.96. The maximum absolute atomic E-state index is 4.01. The lowest BCUT2D eigenvalue weighted by molar-refractivity contribution is 0.857. The highest BCUT2D eigenvalue weighted by Crippen LogP contribution is 2.08. The van der Waals surface area contributed by atoms with Gasteiger partial charge in [0.1, 0.15) is 0 Å². The smallest absolute Gasteiger partial charge is 0.0162 e. The molecule has 1 nitrogen and oxygen atoms in total. The highest BCUT2D eigenvalue weighted by molar-refractivity contribution is 5.26. The normalized spacial score (nSPS) is 10.0. The molecule has 0 heterocycles. The summed E-state index contributed by atoms with van der Waals surface area (Å²) < 4.78 is 0. The fourth-order valence-electron chi connectivity index (χ4n) is 1.42. The van der Waals surface area contributed by atoms with E-state index in [1.165, 1.54) is 16.7 Å². The zero-order valence-electron chi connectivity index (χ0n) is 8.43. The molecule has 0 atom stereocenters. The molecule has 0 amide bonds. The van der Waals surface area contributed by atoms with Crippen molar-refractivity contribution in [3.05, 3.63) is 47.5 Å². The van der Waals surface area contributed by atoms with E-state index in [4.69, 9.17) is 0 Å². The van der Waals surface area contributed by atoms with Crippen LogP contribution in [-0.2, 0) is 6.42 Å². The van der Waals surface area contributed by atoms with Gasteiger partial charge in [-0.15, -0.1) is 0 Å². The topological polar surface area (TPSA) is 12.0 Å². The van der Waals surface area contributed by atoms with Crippen LogP contribution in [0.25, 0.3) is 0 Å². The SMILES string of the molecule is C=C(CNC)Cc1cccc(C)c1. The van der Waals surface area contributed by atoms with E-state index in [0.717, 1.165) is 13.0 Å². The Kier molecular flexibility index (Phi) is 3.71. The van der Waals surface area contributed by atoms with Crippen molar-refractivity contribution < 1.29 is 0 Å². The van der Waals surface area contributed by atoms with Gasteiger partial charge in [0, 0.05) is 6.54 Å². The molecular weight excluding hydrogens is 158 g/mol. The van der Waals surface area contributed by atoms with Gasteiger partial charge in [-0.25, -0.2) is 0 Å². The summed E-state index contributed by atoms with van der Waals surface area (Å²) in [6, 6.07) is 8.57. The van der Waals surface area contributed by atoms with E-state index in [2.05, 4.69) is 43.1 Å². The van der Waals surface area contributed by atoms with Crippen molar-refractivity contribution in [3.63, 3.8) is 0 Å². The number of likely N-dealkylation sites (N-methyl/N-ethyl adjacent to an activating group) is 1. The summed E-state index contributed by atoms with van der Waals surface area (Å²) in [5, 5.41) is 3.10. The molecule has 0 aromatic heterocycles. The highest BCUT2D eigenvalue weighted by atomic mass is 14.8. The van der Waals surface area contributed by atoms with Crippen LogP contribution in [0.5, 0.6) is 0 Å². The molecular formula is C12H17N. The minimum Gasteiger partial charge on any atom is -0.316 e. The van der Waals surface area contributed by atoms with Crippen LogP contribution in [0.3, 0.4) is 0 Å². The van der Waals surface area contributed by atoms with Crippen LogP contribution in [0.15, 0.2) is 36.4 Å². The molecule has 0 fully saturated rings. The summed E-state index contributed by atoms with van der Waals surface area (Å²) in [5.74, 6) is 0. The molecule has 0 aliphatic rings. The summed E-state index contributed by atoms with van der Waals surface area (Å²) >= 11 is 0. The van der Waals surface area contributed by atoms with E-state index in [1.54, 1.807) is 0 Å². The quantitative estimate of drug-likeness (QED) is 0.692. The van der Waals surface area contributed by atoms with Crippen LogP contribution < -0.4 is 5.32 Å². The molecule has 1 N–H and O–H groups in total. The van der Waals surface area contributed by atoms with Gasteiger partial charge in [-0.3, -0.25) is 0 Å². The molecule has 0 unspecified atom stereocenters. The number of benzene rings is 1. The second kappa shape index (κ2) is 4.83. The first-order chi connectivity index (χ1) is 6.22. The van der Waals surface area contributed by atoms with Crippen LogP contribution in [0, 0.1) is 6.92 Å². The van der Waals surface area contributed by atoms with Crippen LogP contribution in [0.4, 0.5) is 0 Å². The lowest BCUT2D eigenvalue weighted by Crippen LogP contribution is -2.11. The van der Waals surface area contributed by atoms with E-state index >= 15 is 0 Å². The molecule has 0 aliphatic heterocycles. The first-order valence-electron chi connectivity index (χ1n) is 4.59. The van der Waals surface area contributed by atoms with Gasteiger partial charge in [0.2, 0.25) is 0 Å². The number of nitrogens with one attached hydrogen (secondary N) is 1. The molecule has 0 bridgehead atoms. The van der Waals surface area contributed by atoms with Gasteiger partial charge in [0.05, 0.1) is 0 Å². The Hall–Kier alpha value is -1.08. The maximum Gasteiger partial charge on any atom is 0.0162 e. The van der Waals surface area contributed by atoms with Crippen molar-refractivity contribution in [3.8, 4) is 0 Å². The minimum absolute atomic E-state index is 0.897. The molecule has 0 aliphatic carbocycles. The Balaban J connectivity index is 2.58. The van der Waals surface area contributed by atoms with Crippen molar-refractivity contribution in [2.75, 3.05) is 13.6 Å². The van der Waals surface area contributed by atoms with Crippen molar-refractivity contribution in [1.29, 1.82) is 0 Å². The van der Waals surface area contributed by atoms with Gasteiger partial charge in [-0.2, -0.15) is 0 Å². The fourth-order valence-corrected chi connectivity index (χ4v) is 1.42. The highest BCUT2D eigenvalue weighted by Gasteiger charge is 1.96. The molecule has 0 saturated heterocycles. The van der Waals surface area contributed by atoms with E-state index in [0.29, 0.717) is 0 Å². The van der Waals surface area contributed by atoms with E-state index in [1.807, 2.05) is 7.05 Å². The van der Waals surface area contributed by atoms with Gasteiger partial charge < -0.3 is 5.32 Å². The van der Waals surface area contributed by atoms with Crippen LogP contribution in [0.1, 0.15) is 11.1 Å². The van der Waals surface area contributed by atoms with E-state index in [-0.39, 0.29) is 0 Å². The van der Waals surface area contributed by atoms with Crippen molar-refractivity contribution in [1.82, 2.24) is 5.32 Å². The van der Waals surface area contributed by atoms with Crippen LogP contribution in [0.2, 0.25) is 0 Å². The third kappa shape index (κ3) is 3.43. The first-order valence-corrected chi connectivity index (χ1v) is 4.59. The Labute approximate surface area is 80.5 Å². The average molecular weight is 175 g/mol. The Morgan fingerprint density at radius 1 is 1.46 bits per heavy atom. The fraction of sp³-hybridized carbons (Fsp3) is 0.333. The summed E-state index contributed by atoms with van der Waals surface area (Å²) in [6.07, 6.45) is 0.975. The molecule has 13 heavy (non-hydrogen) atoms. The second-order valence-corrected chi connectivity index (χ2v) is 3.45. The number of hydrogen-bond donors (Lipinski definition) is 1. The van der Waals surface area contributed by atoms with Gasteiger partial charge in [0.25, 0.3) is 0 Å². The van der Waals surface area contributed by atoms with Gasteiger partial charge >= 0.3 is 0 Å². The lowest BCUT2D eigenvalue weighted by Gasteiger charge is -2.05. The summed E-state index contributed by atoms with van der Waals surface area (Å²) in [6.45, 7) is 7.02. The summed E-state index contributed by atoms with van der Waals surface area (Å²) in [7, 11) is 1.95. The molecule has 70 valence electrons. The van der Waals surface area contributed by atoms with Crippen molar-refractivity contribution in [2.24, 2.45) is 0 Å². The number of hydrogen-bond acceptors (Lipinski definition) is 1. The Morgan fingerprint density at radius 2 is 2.23 bits per heavy atom. The third-order valence-electron chi connectivity index (χ3n) is 1.96. The first kappa shape index (κ1) is 10.0. The number of aryl methyl sites for hydroxylation is 1. The Bertz CT molecular complexity index is 289. The zero-order valence-corrected chi connectivity index (χ0v) is 8.43. The molecule has 0 radical (unpaired) electrons. The molecule has 0 spiro atoms. The monoisotopic (exact) mass is 175 g/mol. The predicted octanol–water partition coefficient (Wildman–Crippen LogP) is 2.31. The summed E-state index contributed by atoms with van der Waals surface area (Å²) in [4.78, 5) is 0. The largest absolute Gasteiger partial charge is 0.316 e. The van der Waals surface area contributed by atoms with Gasteiger partial charge in [-0.1, -0.05) is 42.0 Å². The molecule has 1 aromatic rings. The molecule has 1 heteroatoms. The van der Waals surface area contributed by atoms with Crippen molar-refractivity contribution >= 4 is 0 Å².